The number of nitrogens with zero attached hydrogens (tertiary/aromatic N) is 2. The molecule has 1 aromatic heterocycles. The highest BCUT2D eigenvalue weighted by Gasteiger charge is 2.32. The summed E-state index contributed by atoms with van der Waals surface area (Å²) in [4.78, 5) is 32.6. The van der Waals surface area contributed by atoms with Crippen molar-refractivity contribution in [2.45, 2.75) is 38.6 Å². The highest BCUT2D eigenvalue weighted by Crippen LogP contribution is 2.45. The molecule has 40 heavy (non-hydrogen) atoms. The SMILES string of the molecule is C[C@@H]1CCC[C@H](N2CCC(c3c(F)ccc(Cl)c3F)=CC2=O)c2cc(ccn2)-c2cc(Cl)c(O)c(Cl)c2NC1=O. The Bertz CT molecular complexity index is 1560. The van der Waals surface area contributed by atoms with Gasteiger partial charge < -0.3 is 15.3 Å². The van der Waals surface area contributed by atoms with Gasteiger partial charge in [0.05, 0.1) is 33.0 Å². The maximum atomic E-state index is 14.7. The molecule has 2 aliphatic rings. The molecule has 0 unspecified atom stereocenters. The van der Waals surface area contributed by atoms with Crippen molar-refractivity contribution in [2.75, 3.05) is 11.9 Å². The number of fused-ring (bicyclic) bond motifs is 4. The lowest BCUT2D eigenvalue weighted by Crippen LogP contribution is -2.38. The van der Waals surface area contributed by atoms with E-state index < -0.39 is 29.5 Å². The number of phenols is 1. The molecule has 2 atom stereocenters. The second-order valence-corrected chi connectivity index (χ2v) is 11.1. The van der Waals surface area contributed by atoms with Gasteiger partial charge in [-0.3, -0.25) is 14.6 Å². The van der Waals surface area contributed by atoms with Gasteiger partial charge in [0, 0.05) is 30.3 Å². The molecular formula is C29H24Cl3F2N3O3. The van der Waals surface area contributed by atoms with Gasteiger partial charge in [-0.25, -0.2) is 8.78 Å². The van der Waals surface area contributed by atoms with E-state index in [1.807, 2.05) is 0 Å². The maximum absolute atomic E-state index is 14.7. The maximum Gasteiger partial charge on any atom is 0.247 e. The third-order valence-corrected chi connectivity index (χ3v) is 8.33. The van der Waals surface area contributed by atoms with Gasteiger partial charge in [0.15, 0.2) is 11.6 Å². The number of aromatic hydroxyl groups is 1. The van der Waals surface area contributed by atoms with Gasteiger partial charge in [0.1, 0.15) is 10.8 Å². The van der Waals surface area contributed by atoms with Gasteiger partial charge >= 0.3 is 0 Å². The molecule has 0 saturated heterocycles. The number of aromatic nitrogens is 1. The lowest BCUT2D eigenvalue weighted by molar-refractivity contribution is -0.129. The first kappa shape index (κ1) is 28.3. The van der Waals surface area contributed by atoms with Gasteiger partial charge in [-0.2, -0.15) is 0 Å². The minimum absolute atomic E-state index is 0.0115. The Kier molecular flexibility index (Phi) is 8.04. The van der Waals surface area contributed by atoms with Crippen molar-refractivity contribution in [1.29, 1.82) is 0 Å². The zero-order valence-corrected chi connectivity index (χ0v) is 23.5. The van der Waals surface area contributed by atoms with Crippen molar-refractivity contribution in [2.24, 2.45) is 5.92 Å². The Morgan fingerprint density at radius 1 is 1.07 bits per heavy atom. The molecule has 3 aromatic rings. The van der Waals surface area contributed by atoms with E-state index in [-0.39, 0.29) is 56.5 Å². The largest absolute Gasteiger partial charge is 0.505 e. The highest BCUT2D eigenvalue weighted by atomic mass is 35.5. The molecule has 0 saturated carbocycles. The van der Waals surface area contributed by atoms with E-state index in [1.165, 1.54) is 12.1 Å². The molecule has 2 N–H and O–H groups in total. The molecule has 0 aliphatic carbocycles. The van der Waals surface area contributed by atoms with Crippen LogP contribution in [0.3, 0.4) is 0 Å². The molecular weight excluding hydrogens is 583 g/mol. The summed E-state index contributed by atoms with van der Waals surface area (Å²) in [5.74, 6) is -3.11. The normalized spacial score (nSPS) is 19.8. The zero-order valence-electron chi connectivity index (χ0n) is 21.3. The second kappa shape index (κ2) is 11.4. The smallest absolute Gasteiger partial charge is 0.247 e. The summed E-state index contributed by atoms with van der Waals surface area (Å²) in [5, 5.41) is 12.9. The molecule has 0 fully saturated rings. The van der Waals surface area contributed by atoms with Crippen molar-refractivity contribution in [1.82, 2.24) is 9.88 Å². The molecule has 2 aromatic carbocycles. The Labute approximate surface area is 244 Å². The topological polar surface area (TPSA) is 82.5 Å². The predicted octanol–water partition coefficient (Wildman–Crippen LogP) is 7.81. The molecule has 3 heterocycles. The van der Waals surface area contributed by atoms with Crippen LogP contribution < -0.4 is 5.32 Å². The number of benzene rings is 2. The van der Waals surface area contributed by atoms with E-state index in [0.29, 0.717) is 36.1 Å². The van der Waals surface area contributed by atoms with E-state index in [9.17, 15) is 23.5 Å². The number of anilines is 1. The minimum Gasteiger partial charge on any atom is -0.505 e. The van der Waals surface area contributed by atoms with Gasteiger partial charge in [-0.05, 0) is 60.7 Å². The second-order valence-electron chi connectivity index (χ2n) is 9.92. The lowest BCUT2D eigenvalue weighted by Gasteiger charge is -2.34. The fourth-order valence-corrected chi connectivity index (χ4v) is 5.86. The standard InChI is InChI=1S/C29H24Cl3F2N3O3/c1-14-3-2-4-22(37-10-8-16(12-23(37)38)24-20(33)6-5-18(30)26(24)34)21-11-15(7-9-35-21)17-13-19(31)28(39)25(32)27(17)36-29(14)40/h5-7,9,11-14,22,39H,2-4,8,10H2,1H3,(H,36,40)/t14-,22+/m1/s1. The summed E-state index contributed by atoms with van der Waals surface area (Å²) >= 11 is 18.5. The number of nitrogens with one attached hydrogen (secondary N) is 1. The molecule has 0 radical (unpaired) electrons. The summed E-state index contributed by atoms with van der Waals surface area (Å²) < 4.78 is 29.2. The molecule has 11 heteroatoms. The van der Waals surface area contributed by atoms with Gasteiger partial charge in [0.2, 0.25) is 11.8 Å². The Morgan fingerprint density at radius 3 is 2.60 bits per heavy atom. The number of carbonyl (C=O) groups is 2. The Morgan fingerprint density at radius 2 is 1.85 bits per heavy atom. The van der Waals surface area contributed by atoms with Crippen LogP contribution in [0.1, 0.15) is 49.9 Å². The van der Waals surface area contributed by atoms with Crippen LogP contribution in [0.25, 0.3) is 16.7 Å². The number of rotatable bonds is 2. The Balaban J connectivity index is 1.57. The van der Waals surface area contributed by atoms with E-state index >= 15 is 0 Å². The number of phenolic OH excluding ortho intramolecular Hbond substituents is 1. The fraction of sp³-hybridized carbons (Fsp3) is 0.276. The quantitative estimate of drug-likeness (QED) is 0.292. The first-order valence-corrected chi connectivity index (χ1v) is 13.8. The molecule has 0 spiro atoms. The van der Waals surface area contributed by atoms with Crippen LogP contribution in [0, 0.1) is 17.6 Å². The number of hydrogen-bond acceptors (Lipinski definition) is 4. The van der Waals surface area contributed by atoms with Gasteiger partial charge in [-0.1, -0.05) is 48.1 Å². The Hall–Kier alpha value is -3.20. The predicted molar refractivity (Wildman–Crippen MR) is 151 cm³/mol. The van der Waals surface area contributed by atoms with Crippen molar-refractivity contribution < 1.29 is 23.5 Å². The number of amides is 2. The third kappa shape index (κ3) is 5.28. The number of halogens is 5. The monoisotopic (exact) mass is 605 g/mol. The molecule has 208 valence electrons. The molecule has 2 amide bonds. The number of carbonyl (C=O) groups excluding carboxylic acids is 2. The van der Waals surface area contributed by atoms with Crippen molar-refractivity contribution in [3.8, 4) is 16.9 Å². The molecule has 2 aliphatic heterocycles. The number of pyridine rings is 1. The first-order chi connectivity index (χ1) is 19.1. The van der Waals surface area contributed by atoms with E-state index in [4.69, 9.17) is 34.8 Å². The number of hydrogen-bond donors (Lipinski definition) is 2. The summed E-state index contributed by atoms with van der Waals surface area (Å²) in [6.07, 6.45) is 4.65. The van der Waals surface area contributed by atoms with Crippen LogP contribution in [0.15, 0.2) is 42.6 Å². The van der Waals surface area contributed by atoms with E-state index in [2.05, 4.69) is 10.3 Å². The van der Waals surface area contributed by atoms with E-state index in [0.717, 1.165) is 12.1 Å². The summed E-state index contributed by atoms with van der Waals surface area (Å²) in [6, 6.07) is 6.75. The van der Waals surface area contributed by atoms with Crippen LogP contribution >= 0.6 is 34.8 Å². The van der Waals surface area contributed by atoms with Crippen molar-refractivity contribution in [3.63, 3.8) is 0 Å². The summed E-state index contributed by atoms with van der Waals surface area (Å²) in [5.41, 5.74) is 1.85. The third-order valence-electron chi connectivity index (χ3n) is 7.38. The molecule has 2 bridgehead atoms. The van der Waals surface area contributed by atoms with Gasteiger partial charge in [-0.15, -0.1) is 0 Å². The average molecular weight is 607 g/mol. The summed E-state index contributed by atoms with van der Waals surface area (Å²) in [7, 11) is 0. The lowest BCUT2D eigenvalue weighted by atomic mass is 9.92. The molecule has 6 nitrogen and oxygen atoms in total. The van der Waals surface area contributed by atoms with Crippen LogP contribution in [0.5, 0.6) is 5.75 Å². The van der Waals surface area contributed by atoms with Crippen molar-refractivity contribution in [3.05, 3.63) is 80.6 Å². The van der Waals surface area contributed by atoms with Crippen LogP contribution in [0.4, 0.5) is 14.5 Å². The van der Waals surface area contributed by atoms with Gasteiger partial charge in [0.25, 0.3) is 0 Å². The highest BCUT2D eigenvalue weighted by molar-refractivity contribution is 6.40. The van der Waals surface area contributed by atoms with Crippen molar-refractivity contribution >= 4 is 57.9 Å². The average Bonchev–Trinajstić information content (AvgIpc) is 2.93. The van der Waals surface area contributed by atoms with Crippen LogP contribution in [-0.4, -0.2) is 33.3 Å². The molecule has 5 rings (SSSR count). The fourth-order valence-electron chi connectivity index (χ4n) is 5.20. The minimum atomic E-state index is -0.899. The van der Waals surface area contributed by atoms with E-state index in [1.54, 1.807) is 30.2 Å². The van der Waals surface area contributed by atoms with Crippen LogP contribution in [-0.2, 0) is 9.59 Å². The van der Waals surface area contributed by atoms with Crippen LogP contribution in [0.2, 0.25) is 15.1 Å². The zero-order chi connectivity index (χ0) is 28.7. The summed E-state index contributed by atoms with van der Waals surface area (Å²) in [6.45, 7) is 1.98. The first-order valence-electron chi connectivity index (χ1n) is 12.7.